The second kappa shape index (κ2) is 31.9. The summed E-state index contributed by atoms with van der Waals surface area (Å²) in [6.45, 7) is 7.01. The van der Waals surface area contributed by atoms with Crippen molar-refractivity contribution in [1.29, 1.82) is 0 Å². The molecule has 0 bridgehead atoms. The molecule has 15 nitrogen and oxygen atoms in total. The first kappa shape index (κ1) is 55.4. The molecule has 2 atom stereocenters. The molecule has 0 fully saturated rings. The van der Waals surface area contributed by atoms with Crippen LogP contribution in [0.5, 0.6) is 0 Å². The van der Waals surface area contributed by atoms with E-state index in [1.165, 1.54) is 12.5 Å². The predicted octanol–water partition coefficient (Wildman–Crippen LogP) is 7.17. The summed E-state index contributed by atoms with van der Waals surface area (Å²) < 4.78 is 4.93. The zero-order valence-corrected chi connectivity index (χ0v) is 40.1. The highest BCUT2D eigenvalue weighted by Gasteiger charge is 2.20. The van der Waals surface area contributed by atoms with Gasteiger partial charge in [-0.15, -0.1) is 11.8 Å². The molecular weight excluding hydrogens is 873 g/mol. The fraction of sp³-hybridized carbons (Fsp3) is 0.451. The number of nitrogens with zero attached hydrogens (tertiary/aromatic N) is 1. The van der Waals surface area contributed by atoms with Crippen molar-refractivity contribution in [2.24, 2.45) is 5.92 Å². The zero-order valence-electron chi connectivity index (χ0n) is 39.3. The largest absolute Gasteiger partial charge is 0.481 e. The summed E-state index contributed by atoms with van der Waals surface area (Å²) in [7, 11) is 1.65. The summed E-state index contributed by atoms with van der Waals surface area (Å²) in [6.07, 6.45) is 12.9. The van der Waals surface area contributed by atoms with E-state index in [1.54, 1.807) is 37.2 Å². The monoisotopic (exact) mass is 940 g/mol. The fourth-order valence-corrected chi connectivity index (χ4v) is 7.46. The molecule has 1 aromatic heterocycles. The average molecular weight is 941 g/mol. The molecule has 2 unspecified atom stereocenters. The molecule has 67 heavy (non-hydrogen) atoms. The van der Waals surface area contributed by atoms with Crippen molar-refractivity contribution in [2.75, 3.05) is 55.6 Å². The van der Waals surface area contributed by atoms with Gasteiger partial charge in [0.2, 0.25) is 17.7 Å². The second-order valence-electron chi connectivity index (χ2n) is 16.4. The van der Waals surface area contributed by atoms with Crippen LogP contribution in [0.3, 0.4) is 0 Å². The van der Waals surface area contributed by atoms with Crippen molar-refractivity contribution in [3.63, 3.8) is 0 Å². The molecule has 3 aromatic rings. The number of carbonyl (C=O) groups is 7. The van der Waals surface area contributed by atoms with E-state index in [1.807, 2.05) is 55.5 Å². The number of aromatic nitrogens is 1. The van der Waals surface area contributed by atoms with Crippen LogP contribution in [0.4, 0.5) is 11.5 Å². The quantitative estimate of drug-likeness (QED) is 0.0222. The molecular formula is C51H68N6O9S. The van der Waals surface area contributed by atoms with Crippen LogP contribution in [0.2, 0.25) is 0 Å². The van der Waals surface area contributed by atoms with E-state index in [0.29, 0.717) is 68.3 Å². The molecule has 4 rings (SSSR count). The highest BCUT2D eigenvalue weighted by molar-refractivity contribution is 7.99. The summed E-state index contributed by atoms with van der Waals surface area (Å²) in [6, 6.07) is 18.1. The highest BCUT2D eigenvalue weighted by atomic mass is 32.2. The molecule has 362 valence electrons. The van der Waals surface area contributed by atoms with Crippen LogP contribution >= 0.6 is 11.8 Å². The lowest BCUT2D eigenvalue weighted by atomic mass is 9.88. The van der Waals surface area contributed by atoms with Crippen LogP contribution < -0.4 is 26.6 Å². The smallest absolute Gasteiger partial charge is 0.305 e. The maximum Gasteiger partial charge on any atom is 0.305 e. The number of allylic oxidation sites excluding steroid dienone is 4. The van der Waals surface area contributed by atoms with Gasteiger partial charge in [0.05, 0.1) is 37.9 Å². The number of thioether (sulfide) groups is 1. The van der Waals surface area contributed by atoms with Crippen LogP contribution in [0.15, 0.2) is 85.1 Å². The van der Waals surface area contributed by atoms with E-state index < -0.39 is 17.9 Å². The minimum atomic E-state index is -1.01. The third-order valence-corrected chi connectivity index (χ3v) is 11.4. The molecule has 2 aromatic carbocycles. The third kappa shape index (κ3) is 24.4. The molecule has 0 saturated carbocycles. The van der Waals surface area contributed by atoms with Crippen molar-refractivity contribution in [3.8, 4) is 0 Å². The van der Waals surface area contributed by atoms with E-state index in [0.717, 1.165) is 47.6 Å². The van der Waals surface area contributed by atoms with E-state index in [2.05, 4.69) is 56.7 Å². The topological polar surface area (TPSA) is 222 Å². The second-order valence-corrected chi connectivity index (χ2v) is 17.4. The first-order chi connectivity index (χ1) is 32.2. The van der Waals surface area contributed by atoms with Gasteiger partial charge >= 0.3 is 5.97 Å². The number of amides is 3. The van der Waals surface area contributed by atoms with Gasteiger partial charge in [-0.2, -0.15) is 0 Å². The van der Waals surface area contributed by atoms with Gasteiger partial charge in [-0.05, 0) is 104 Å². The first-order valence-corrected chi connectivity index (χ1v) is 24.0. The van der Waals surface area contributed by atoms with E-state index >= 15 is 0 Å². The fourth-order valence-electron chi connectivity index (χ4n) is 6.89. The van der Waals surface area contributed by atoms with Crippen molar-refractivity contribution in [2.45, 2.75) is 97.4 Å². The lowest BCUT2D eigenvalue weighted by Gasteiger charge is -2.20. The molecule has 3 amide bonds. The Labute approximate surface area is 399 Å². The van der Waals surface area contributed by atoms with Gasteiger partial charge in [-0.3, -0.25) is 33.6 Å². The Morgan fingerprint density at radius 1 is 0.866 bits per heavy atom. The first-order valence-electron chi connectivity index (χ1n) is 22.9. The van der Waals surface area contributed by atoms with Gasteiger partial charge < -0.3 is 36.4 Å². The van der Waals surface area contributed by atoms with Gasteiger partial charge in [0.25, 0.3) is 0 Å². The van der Waals surface area contributed by atoms with Crippen molar-refractivity contribution in [1.82, 2.24) is 20.9 Å². The number of hydrogen-bond donors (Lipinski definition) is 6. The molecule has 1 heterocycles. The van der Waals surface area contributed by atoms with Crippen LogP contribution in [0, 0.1) is 12.8 Å². The van der Waals surface area contributed by atoms with Crippen LogP contribution in [0.25, 0.3) is 5.57 Å². The van der Waals surface area contributed by atoms with Gasteiger partial charge in [0.15, 0.2) is 0 Å². The van der Waals surface area contributed by atoms with Crippen LogP contribution in [-0.2, 0) is 44.7 Å². The number of benzene rings is 2. The van der Waals surface area contributed by atoms with Crippen molar-refractivity contribution in [3.05, 3.63) is 107 Å². The Kier molecular flexibility index (Phi) is 26.3. The Hall–Kier alpha value is -5.97. The number of aliphatic carboxylic acids is 1. The number of nitrogens with one attached hydrogen (secondary N) is 5. The minimum Gasteiger partial charge on any atom is -0.481 e. The molecule has 0 aliphatic heterocycles. The standard InChI is InChI=1S/C29H36N4O4.C22H32N2O5S/c1-3-21-6-4-7-24(17-21)22-9-11-23(12-10-22)25(18-29(36)37)33-28(35)19-32-27(34)8-5-14-30-26-16-20(2)13-15-31-26;1-17(25)14-20(26)11-8-18-6-9-19(10-7-18)24-22(28)5-3-4-21(27)15-23-12-13-30-16-29-2/h4,6-7,9-13,15-16,21,25H,3,5,8,14,17-19H2,1-2H3,(H,30,31)(H,32,34)(H,33,35)(H,36,37);6-7,9-10,23H,3-5,8,11-16H2,1-2H3,(H,24,28). The number of Topliss-reactive ketones (excluding diaryl/α,β-unsaturated/α-hetero) is 3. The van der Waals surface area contributed by atoms with Gasteiger partial charge in [0, 0.05) is 63.5 Å². The molecule has 1 aliphatic carbocycles. The zero-order chi connectivity index (χ0) is 48.8. The van der Waals surface area contributed by atoms with Gasteiger partial charge in [0.1, 0.15) is 23.2 Å². The normalized spacial score (nSPS) is 13.3. The number of ketones is 3. The summed E-state index contributed by atoms with van der Waals surface area (Å²) >= 11 is 1.66. The lowest BCUT2D eigenvalue weighted by molar-refractivity contribution is -0.138. The number of hydrogen-bond acceptors (Lipinski definition) is 12. The number of rotatable bonds is 30. The maximum atomic E-state index is 12.5. The van der Waals surface area contributed by atoms with E-state index in [9.17, 15) is 38.7 Å². The van der Waals surface area contributed by atoms with Crippen molar-refractivity contribution < 1.29 is 43.4 Å². The molecule has 0 saturated heterocycles. The highest BCUT2D eigenvalue weighted by Crippen LogP contribution is 2.30. The maximum absolute atomic E-state index is 12.5. The number of anilines is 2. The summed E-state index contributed by atoms with van der Waals surface area (Å²) in [4.78, 5) is 86.6. The lowest BCUT2D eigenvalue weighted by Crippen LogP contribution is -2.39. The number of carbonyl (C=O) groups excluding carboxylic acids is 6. The van der Waals surface area contributed by atoms with Crippen LogP contribution in [0.1, 0.15) is 106 Å². The number of carboxylic acid groups (broad SMARTS) is 1. The Morgan fingerprint density at radius 2 is 1.61 bits per heavy atom. The summed E-state index contributed by atoms with van der Waals surface area (Å²) in [5.41, 5.74) is 5.80. The Morgan fingerprint density at radius 3 is 2.30 bits per heavy atom. The number of carboxylic acids is 1. The molecule has 0 spiro atoms. The van der Waals surface area contributed by atoms with Gasteiger partial charge in [-0.1, -0.05) is 61.5 Å². The summed E-state index contributed by atoms with van der Waals surface area (Å²) in [5, 5.41) is 23.8. The molecule has 0 radical (unpaired) electrons. The average Bonchev–Trinajstić information content (AvgIpc) is 3.30. The Bertz CT molecular complexity index is 2130. The van der Waals surface area contributed by atoms with Gasteiger partial charge in [-0.25, -0.2) is 4.98 Å². The molecule has 16 heteroatoms. The molecule has 6 N–H and O–H groups in total. The number of aryl methyl sites for hydroxylation is 2. The molecule has 1 aliphatic rings. The van der Waals surface area contributed by atoms with Crippen LogP contribution in [-0.4, -0.2) is 96.1 Å². The minimum absolute atomic E-state index is 0.0137. The van der Waals surface area contributed by atoms with E-state index in [-0.39, 0.29) is 61.4 Å². The third-order valence-electron chi connectivity index (χ3n) is 10.5. The Balaban J connectivity index is 0.000000364. The van der Waals surface area contributed by atoms with Crippen molar-refractivity contribution >= 4 is 69.9 Å². The number of methoxy groups -OCH3 is 1. The SMILES string of the molecule is CCC1C=CC=C(c2ccc(C(CC(=O)O)NC(=O)CNC(=O)CCCNc3cc(C)ccn3)cc2)C1.COCSCCNCC(=O)CCCC(=O)Nc1ccc(CCC(=O)CC(C)=O)cc1. The predicted molar refractivity (Wildman–Crippen MR) is 265 cm³/mol. The van der Waals surface area contributed by atoms with E-state index in [4.69, 9.17) is 4.74 Å². The number of ether oxygens (including phenoxy) is 1. The summed E-state index contributed by atoms with van der Waals surface area (Å²) in [5.74, 6) is 0.919. The number of pyridine rings is 1.